The van der Waals surface area contributed by atoms with Crippen LogP contribution in [0.2, 0.25) is 0 Å². The molecule has 19 heavy (non-hydrogen) atoms. The van der Waals surface area contributed by atoms with Crippen molar-refractivity contribution in [1.29, 1.82) is 0 Å². The third-order valence-electron chi connectivity index (χ3n) is 2.94. The maximum Gasteiger partial charge on any atom is 0.326 e. The first kappa shape index (κ1) is 15.7. The number of rotatable bonds is 7. The zero-order valence-electron chi connectivity index (χ0n) is 10.9. The summed E-state index contributed by atoms with van der Waals surface area (Å²) >= 11 is 0. The molecule has 0 aromatic rings. The molecule has 5 N–H and O–H groups in total. The molecule has 1 fully saturated rings. The lowest BCUT2D eigenvalue weighted by molar-refractivity contribution is -0.139. The molecule has 8 heteroatoms. The van der Waals surface area contributed by atoms with E-state index in [0.717, 1.165) is 32.7 Å². The lowest BCUT2D eigenvalue weighted by Crippen LogP contribution is -2.49. The molecule has 8 nitrogen and oxygen atoms in total. The Morgan fingerprint density at radius 3 is 2.58 bits per heavy atom. The fourth-order valence-corrected chi connectivity index (χ4v) is 1.86. The number of hydrogen-bond donors (Lipinski definition) is 5. The molecule has 0 bridgehead atoms. The van der Waals surface area contributed by atoms with E-state index in [-0.39, 0.29) is 13.0 Å². The third kappa shape index (κ3) is 6.37. The Morgan fingerprint density at radius 1 is 1.32 bits per heavy atom. The number of nitrogens with zero attached hydrogens (tertiary/aromatic N) is 1. The molecule has 1 rings (SSSR count). The number of carboxylic acids is 1. The molecule has 2 amide bonds. The first-order chi connectivity index (χ1) is 9.13. The lowest BCUT2D eigenvalue weighted by Gasteiger charge is -2.27. The molecule has 0 radical (unpaired) electrons. The van der Waals surface area contributed by atoms with Gasteiger partial charge in [0, 0.05) is 52.3 Å². The minimum absolute atomic E-state index is 0.000543. The average Bonchev–Trinajstić information content (AvgIpc) is 2.39. The second kappa shape index (κ2) is 8.68. The van der Waals surface area contributed by atoms with Crippen LogP contribution in [0.4, 0.5) is 4.79 Å². The monoisotopic (exact) mass is 274 g/mol. The molecular weight excluding hydrogens is 252 g/mol. The minimum atomic E-state index is -1.15. The van der Waals surface area contributed by atoms with Crippen LogP contribution in [0.15, 0.2) is 0 Å². The smallest absolute Gasteiger partial charge is 0.326 e. The van der Waals surface area contributed by atoms with Gasteiger partial charge >= 0.3 is 12.0 Å². The predicted octanol–water partition coefficient (Wildman–Crippen LogP) is -1.97. The van der Waals surface area contributed by atoms with E-state index in [2.05, 4.69) is 20.9 Å². The van der Waals surface area contributed by atoms with Gasteiger partial charge in [-0.15, -0.1) is 0 Å². The highest BCUT2D eigenvalue weighted by atomic mass is 16.4. The number of carboxylic acid groups (broad SMARTS) is 1. The SMILES string of the molecule is O=C(NCCN1CCNCC1)N[C@H](CCO)C(=O)O. The van der Waals surface area contributed by atoms with Gasteiger partial charge in [0.05, 0.1) is 0 Å². The molecule has 110 valence electrons. The summed E-state index contributed by atoms with van der Waals surface area (Å²) in [6, 6.07) is -1.57. The molecule has 1 aliphatic rings. The Labute approximate surface area is 112 Å². The fraction of sp³-hybridized carbons (Fsp3) is 0.818. The summed E-state index contributed by atoms with van der Waals surface area (Å²) in [7, 11) is 0. The van der Waals surface area contributed by atoms with Crippen LogP contribution in [0.5, 0.6) is 0 Å². The summed E-state index contributed by atoms with van der Waals surface area (Å²) < 4.78 is 0. The van der Waals surface area contributed by atoms with Crippen LogP contribution in [0.25, 0.3) is 0 Å². The van der Waals surface area contributed by atoms with Gasteiger partial charge in [0.25, 0.3) is 0 Å². The highest BCUT2D eigenvalue weighted by Gasteiger charge is 2.19. The highest BCUT2D eigenvalue weighted by Crippen LogP contribution is 1.92. The lowest BCUT2D eigenvalue weighted by atomic mass is 10.2. The van der Waals surface area contributed by atoms with Crippen LogP contribution in [0.3, 0.4) is 0 Å². The van der Waals surface area contributed by atoms with Gasteiger partial charge in [-0.05, 0) is 0 Å². The molecule has 1 aliphatic heterocycles. The number of hydrogen-bond acceptors (Lipinski definition) is 5. The predicted molar refractivity (Wildman–Crippen MR) is 69.0 cm³/mol. The number of aliphatic hydroxyl groups excluding tert-OH is 1. The standard InChI is InChI=1S/C11H22N4O4/c16-8-1-9(10(17)18)14-11(19)13-4-7-15-5-2-12-3-6-15/h9,12,16H,1-8H2,(H,17,18)(H2,13,14,19)/t9-/m1/s1. The topological polar surface area (TPSA) is 114 Å². The molecule has 1 saturated heterocycles. The van der Waals surface area contributed by atoms with E-state index in [1.165, 1.54) is 0 Å². The van der Waals surface area contributed by atoms with Crippen molar-refractivity contribution in [3.05, 3.63) is 0 Å². The molecule has 0 aromatic carbocycles. The third-order valence-corrected chi connectivity index (χ3v) is 2.94. The van der Waals surface area contributed by atoms with Gasteiger partial charge < -0.3 is 26.2 Å². The van der Waals surface area contributed by atoms with Crippen molar-refractivity contribution < 1.29 is 19.8 Å². The first-order valence-electron chi connectivity index (χ1n) is 6.44. The van der Waals surface area contributed by atoms with Crippen molar-refractivity contribution in [2.75, 3.05) is 45.9 Å². The molecule has 0 saturated carbocycles. The fourth-order valence-electron chi connectivity index (χ4n) is 1.86. The summed E-state index contributed by atoms with van der Waals surface area (Å²) in [5.74, 6) is -1.15. The van der Waals surface area contributed by atoms with Crippen molar-refractivity contribution in [2.24, 2.45) is 0 Å². The van der Waals surface area contributed by atoms with E-state index in [1.54, 1.807) is 0 Å². The Balaban J connectivity index is 2.17. The van der Waals surface area contributed by atoms with Crippen molar-refractivity contribution in [3.63, 3.8) is 0 Å². The first-order valence-corrected chi connectivity index (χ1v) is 6.44. The van der Waals surface area contributed by atoms with E-state index < -0.39 is 18.0 Å². The highest BCUT2D eigenvalue weighted by molar-refractivity contribution is 5.82. The number of carbonyl (C=O) groups is 2. The number of nitrogens with one attached hydrogen (secondary N) is 3. The normalized spacial score (nSPS) is 17.7. The van der Waals surface area contributed by atoms with Crippen LogP contribution >= 0.6 is 0 Å². The second-order valence-corrected chi connectivity index (χ2v) is 4.39. The van der Waals surface area contributed by atoms with Crippen LogP contribution in [-0.2, 0) is 4.79 Å². The Kier molecular flexibility index (Phi) is 7.16. The van der Waals surface area contributed by atoms with Crippen LogP contribution in [-0.4, -0.2) is 79.0 Å². The van der Waals surface area contributed by atoms with Gasteiger partial charge in [0.15, 0.2) is 0 Å². The average molecular weight is 274 g/mol. The van der Waals surface area contributed by atoms with Crippen LogP contribution in [0, 0.1) is 0 Å². The van der Waals surface area contributed by atoms with Gasteiger partial charge in [-0.1, -0.05) is 0 Å². The molecule has 0 spiro atoms. The number of amides is 2. The largest absolute Gasteiger partial charge is 0.480 e. The Bertz CT molecular complexity index is 294. The number of carbonyl (C=O) groups excluding carboxylic acids is 1. The second-order valence-electron chi connectivity index (χ2n) is 4.39. The molecule has 1 heterocycles. The number of aliphatic hydroxyl groups is 1. The number of piperazine rings is 1. The molecule has 0 aromatic heterocycles. The number of urea groups is 1. The van der Waals surface area contributed by atoms with Gasteiger partial charge in [0.1, 0.15) is 6.04 Å². The maximum atomic E-state index is 11.5. The summed E-state index contributed by atoms with van der Waals surface area (Å²) in [4.78, 5) is 24.5. The summed E-state index contributed by atoms with van der Waals surface area (Å²) in [5.41, 5.74) is 0. The maximum absolute atomic E-state index is 11.5. The van der Waals surface area contributed by atoms with E-state index >= 15 is 0 Å². The van der Waals surface area contributed by atoms with Crippen LogP contribution in [0.1, 0.15) is 6.42 Å². The zero-order chi connectivity index (χ0) is 14.1. The molecule has 0 unspecified atom stereocenters. The number of aliphatic carboxylic acids is 1. The Morgan fingerprint density at radius 2 is 2.00 bits per heavy atom. The van der Waals surface area contributed by atoms with Crippen molar-refractivity contribution in [2.45, 2.75) is 12.5 Å². The van der Waals surface area contributed by atoms with Crippen molar-refractivity contribution >= 4 is 12.0 Å². The van der Waals surface area contributed by atoms with Crippen LogP contribution < -0.4 is 16.0 Å². The quantitative estimate of drug-likeness (QED) is 0.368. The zero-order valence-corrected chi connectivity index (χ0v) is 10.9. The minimum Gasteiger partial charge on any atom is -0.480 e. The van der Waals surface area contributed by atoms with E-state index in [0.29, 0.717) is 6.54 Å². The van der Waals surface area contributed by atoms with Crippen molar-refractivity contribution in [3.8, 4) is 0 Å². The van der Waals surface area contributed by atoms with E-state index in [1.807, 2.05) is 0 Å². The Hall–Kier alpha value is -1.38. The molecule has 0 aliphatic carbocycles. The summed E-state index contributed by atoms with van der Waals surface area (Å²) in [6.07, 6.45) is 0.000543. The van der Waals surface area contributed by atoms with E-state index in [9.17, 15) is 9.59 Å². The van der Waals surface area contributed by atoms with Gasteiger partial charge in [-0.25, -0.2) is 9.59 Å². The van der Waals surface area contributed by atoms with Gasteiger partial charge in [0.2, 0.25) is 0 Å². The molecule has 1 atom stereocenters. The van der Waals surface area contributed by atoms with Gasteiger partial charge in [-0.3, -0.25) is 4.90 Å². The molecular formula is C11H22N4O4. The summed E-state index contributed by atoms with van der Waals surface area (Å²) in [5, 5.41) is 25.7. The van der Waals surface area contributed by atoms with Crippen molar-refractivity contribution in [1.82, 2.24) is 20.9 Å². The van der Waals surface area contributed by atoms with Gasteiger partial charge in [-0.2, -0.15) is 0 Å². The summed E-state index contributed by atoms with van der Waals surface area (Å²) in [6.45, 7) is 4.73. The van der Waals surface area contributed by atoms with E-state index in [4.69, 9.17) is 10.2 Å².